The molecule has 0 radical (unpaired) electrons. The molecule has 0 saturated carbocycles. The molecule has 1 unspecified atom stereocenters. The summed E-state index contributed by atoms with van der Waals surface area (Å²) in [4.78, 5) is -3.65. The molecule has 16 heavy (non-hydrogen) atoms. The summed E-state index contributed by atoms with van der Waals surface area (Å²) >= 11 is 13.1. The summed E-state index contributed by atoms with van der Waals surface area (Å²) in [6, 6.07) is 1.64. The van der Waals surface area contributed by atoms with E-state index >= 15 is 0 Å². The number of hydrogen-bond donors (Lipinski definition) is 1. The number of hydrogen-bond acceptors (Lipinski definition) is 1. The van der Waals surface area contributed by atoms with Crippen LogP contribution < -0.4 is 0 Å². The molecule has 7 heteroatoms. The standard InChI is InChI=1S/C9H6BrCl2F3O/c1-8(16,9(10,14)15)4-2-7(13)6(12)3-5(4)11/h2-3,16H,1H3. The Labute approximate surface area is 108 Å². The van der Waals surface area contributed by atoms with Crippen molar-refractivity contribution in [2.75, 3.05) is 0 Å². The van der Waals surface area contributed by atoms with Gasteiger partial charge >= 0.3 is 4.83 Å². The minimum atomic E-state index is -3.65. The molecule has 0 aliphatic heterocycles. The van der Waals surface area contributed by atoms with E-state index in [2.05, 4.69) is 0 Å². The zero-order valence-corrected chi connectivity index (χ0v) is 11.0. The van der Waals surface area contributed by atoms with Gasteiger partial charge < -0.3 is 5.11 Å². The summed E-state index contributed by atoms with van der Waals surface area (Å²) in [7, 11) is 0. The molecule has 0 amide bonds. The SMILES string of the molecule is CC(O)(c1cc(F)c(Cl)cc1Cl)C(F)(F)Br. The lowest BCUT2D eigenvalue weighted by Gasteiger charge is -2.29. The van der Waals surface area contributed by atoms with E-state index in [9.17, 15) is 18.3 Å². The van der Waals surface area contributed by atoms with Gasteiger partial charge in [-0.1, -0.05) is 23.2 Å². The van der Waals surface area contributed by atoms with Gasteiger partial charge in [-0.15, -0.1) is 0 Å². The molecule has 0 spiro atoms. The average molecular weight is 338 g/mol. The van der Waals surface area contributed by atoms with Gasteiger partial charge in [0.05, 0.1) is 5.02 Å². The first-order chi connectivity index (χ1) is 7.07. The van der Waals surface area contributed by atoms with Crippen molar-refractivity contribution in [3.63, 3.8) is 0 Å². The van der Waals surface area contributed by atoms with Crippen molar-refractivity contribution >= 4 is 39.1 Å². The summed E-state index contributed by atoms with van der Waals surface area (Å²) in [6.45, 7) is 0.816. The molecule has 0 saturated heterocycles. The first kappa shape index (κ1) is 14.1. The van der Waals surface area contributed by atoms with Crippen LogP contribution in [0.15, 0.2) is 12.1 Å². The van der Waals surface area contributed by atoms with E-state index in [1.807, 2.05) is 15.9 Å². The molecule has 1 rings (SSSR count). The minimum absolute atomic E-state index is 0.240. The molecule has 1 atom stereocenters. The molecule has 1 aromatic carbocycles. The van der Waals surface area contributed by atoms with Crippen LogP contribution in [-0.4, -0.2) is 9.94 Å². The summed E-state index contributed by atoms with van der Waals surface area (Å²) < 4.78 is 39.2. The summed E-state index contributed by atoms with van der Waals surface area (Å²) in [5, 5.41) is 9.08. The van der Waals surface area contributed by atoms with Gasteiger partial charge in [0.15, 0.2) is 5.60 Å². The zero-order chi connectivity index (χ0) is 12.7. The molecule has 0 heterocycles. The number of halogens is 6. The van der Waals surface area contributed by atoms with Crippen LogP contribution >= 0.6 is 39.1 Å². The van der Waals surface area contributed by atoms with Gasteiger partial charge in [0, 0.05) is 10.6 Å². The fourth-order valence-electron chi connectivity index (χ4n) is 1.05. The Hall–Kier alpha value is 0.0300. The second-order valence-electron chi connectivity index (χ2n) is 3.32. The van der Waals surface area contributed by atoms with Crippen molar-refractivity contribution < 1.29 is 18.3 Å². The molecule has 90 valence electrons. The predicted molar refractivity (Wildman–Crippen MR) is 59.9 cm³/mol. The van der Waals surface area contributed by atoms with Crippen LogP contribution in [0.25, 0.3) is 0 Å². The Bertz CT molecular complexity index is 418. The highest BCUT2D eigenvalue weighted by Crippen LogP contribution is 2.45. The molecule has 1 N–H and O–H groups in total. The van der Waals surface area contributed by atoms with Crippen LogP contribution in [0.4, 0.5) is 13.2 Å². The van der Waals surface area contributed by atoms with E-state index in [-0.39, 0.29) is 10.0 Å². The summed E-state index contributed by atoms with van der Waals surface area (Å²) in [5.74, 6) is -0.932. The van der Waals surface area contributed by atoms with Gasteiger partial charge in [-0.05, 0) is 35.0 Å². The Morgan fingerprint density at radius 1 is 1.25 bits per heavy atom. The van der Waals surface area contributed by atoms with Crippen LogP contribution in [-0.2, 0) is 5.60 Å². The lowest BCUT2D eigenvalue weighted by Crippen LogP contribution is -2.38. The Morgan fingerprint density at radius 3 is 2.19 bits per heavy atom. The van der Waals surface area contributed by atoms with E-state index < -0.39 is 21.8 Å². The van der Waals surface area contributed by atoms with Gasteiger partial charge in [-0.25, -0.2) is 4.39 Å². The van der Waals surface area contributed by atoms with E-state index in [0.29, 0.717) is 6.07 Å². The summed E-state index contributed by atoms with van der Waals surface area (Å²) in [5.41, 5.74) is -3.09. The molecule has 1 aromatic rings. The maximum absolute atomic E-state index is 13.1. The van der Waals surface area contributed by atoms with Crippen molar-refractivity contribution in [2.24, 2.45) is 0 Å². The maximum atomic E-state index is 13.1. The van der Waals surface area contributed by atoms with Gasteiger partial charge in [-0.2, -0.15) is 8.78 Å². The first-order valence-corrected chi connectivity index (χ1v) is 5.56. The highest BCUT2D eigenvalue weighted by Gasteiger charge is 2.49. The van der Waals surface area contributed by atoms with Crippen LogP contribution in [0.2, 0.25) is 10.0 Å². The molecule has 0 aliphatic rings. The van der Waals surface area contributed by atoms with E-state index in [1.54, 1.807) is 0 Å². The molecule has 0 aliphatic carbocycles. The lowest BCUT2D eigenvalue weighted by atomic mass is 9.96. The smallest absolute Gasteiger partial charge is 0.333 e. The first-order valence-electron chi connectivity index (χ1n) is 4.01. The highest BCUT2D eigenvalue weighted by atomic mass is 79.9. The fourth-order valence-corrected chi connectivity index (χ4v) is 1.83. The molecule has 0 bridgehead atoms. The van der Waals surface area contributed by atoms with Gasteiger partial charge in [-0.3, -0.25) is 0 Å². The van der Waals surface area contributed by atoms with Gasteiger partial charge in [0.2, 0.25) is 0 Å². The van der Waals surface area contributed by atoms with Crippen LogP contribution in [0.5, 0.6) is 0 Å². The Morgan fingerprint density at radius 2 is 1.75 bits per heavy atom. The van der Waals surface area contributed by atoms with Crippen molar-refractivity contribution in [2.45, 2.75) is 17.4 Å². The third-order valence-electron chi connectivity index (χ3n) is 2.09. The molecule has 0 aromatic heterocycles. The quantitative estimate of drug-likeness (QED) is 0.629. The van der Waals surface area contributed by atoms with Crippen molar-refractivity contribution in [3.05, 3.63) is 33.6 Å². The minimum Gasteiger partial charge on any atom is -0.378 e. The van der Waals surface area contributed by atoms with Crippen molar-refractivity contribution in [1.82, 2.24) is 0 Å². The largest absolute Gasteiger partial charge is 0.378 e. The van der Waals surface area contributed by atoms with Crippen molar-refractivity contribution in [3.8, 4) is 0 Å². The molecule has 0 fully saturated rings. The zero-order valence-electron chi connectivity index (χ0n) is 7.87. The van der Waals surface area contributed by atoms with E-state index in [1.165, 1.54) is 0 Å². The third kappa shape index (κ3) is 2.47. The second-order valence-corrected chi connectivity index (χ2v) is 5.13. The van der Waals surface area contributed by atoms with Crippen LogP contribution in [0.3, 0.4) is 0 Å². The van der Waals surface area contributed by atoms with E-state index in [4.69, 9.17) is 23.2 Å². The van der Waals surface area contributed by atoms with Gasteiger partial charge in [0.1, 0.15) is 5.82 Å². The highest BCUT2D eigenvalue weighted by molar-refractivity contribution is 9.10. The Kier molecular flexibility index (Phi) is 3.85. The van der Waals surface area contributed by atoms with Crippen LogP contribution in [0, 0.1) is 5.82 Å². The fraction of sp³-hybridized carbons (Fsp3) is 0.333. The number of aliphatic hydroxyl groups is 1. The lowest BCUT2D eigenvalue weighted by molar-refractivity contribution is -0.109. The maximum Gasteiger partial charge on any atom is 0.333 e. The van der Waals surface area contributed by atoms with E-state index in [0.717, 1.165) is 13.0 Å². The number of benzene rings is 1. The molecular weight excluding hydrogens is 332 g/mol. The number of rotatable bonds is 2. The third-order valence-corrected chi connectivity index (χ3v) is 3.46. The second kappa shape index (κ2) is 4.37. The average Bonchev–Trinajstić information content (AvgIpc) is 2.09. The molecular formula is C9H6BrCl2F3O. The predicted octanol–water partition coefficient (Wildman–Crippen LogP) is 4.33. The monoisotopic (exact) mass is 336 g/mol. The Balaban J connectivity index is 3.39. The van der Waals surface area contributed by atoms with Crippen molar-refractivity contribution in [1.29, 1.82) is 0 Å². The molecule has 1 nitrogen and oxygen atoms in total. The van der Waals surface area contributed by atoms with Crippen LogP contribution in [0.1, 0.15) is 12.5 Å². The number of alkyl halides is 3. The topological polar surface area (TPSA) is 20.2 Å². The summed E-state index contributed by atoms with van der Waals surface area (Å²) in [6.07, 6.45) is 0. The van der Waals surface area contributed by atoms with Gasteiger partial charge in [0.25, 0.3) is 0 Å². The normalized spacial score (nSPS) is 16.0.